The van der Waals surface area contributed by atoms with E-state index in [-0.39, 0.29) is 11.3 Å². The van der Waals surface area contributed by atoms with E-state index in [0.29, 0.717) is 12.0 Å². The molecule has 2 rings (SSSR count). The first-order chi connectivity index (χ1) is 7.90. The van der Waals surface area contributed by atoms with Crippen LogP contribution in [0.1, 0.15) is 24.5 Å². The lowest BCUT2D eigenvalue weighted by atomic mass is 10.0. The molecule has 0 unspecified atom stereocenters. The Bertz CT molecular complexity index is 611. The molecule has 0 aromatic heterocycles. The van der Waals surface area contributed by atoms with Crippen LogP contribution in [-0.4, -0.2) is 19.5 Å². The molecule has 1 aliphatic heterocycles. The Morgan fingerprint density at radius 2 is 2.06 bits per heavy atom. The van der Waals surface area contributed by atoms with E-state index in [4.69, 9.17) is 5.11 Å². The van der Waals surface area contributed by atoms with Crippen LogP contribution in [0, 0.1) is 0 Å². The summed E-state index contributed by atoms with van der Waals surface area (Å²) < 4.78 is 23.5. The summed E-state index contributed by atoms with van der Waals surface area (Å²) in [5.74, 6) is -0.886. The molecule has 0 atom stereocenters. The lowest BCUT2D eigenvalue weighted by molar-refractivity contribution is -0.136. The van der Waals surface area contributed by atoms with Gasteiger partial charge in [-0.3, -0.25) is 4.79 Å². The van der Waals surface area contributed by atoms with Crippen LogP contribution >= 0.6 is 0 Å². The van der Waals surface area contributed by atoms with Gasteiger partial charge in [-0.05, 0) is 36.1 Å². The summed E-state index contributed by atoms with van der Waals surface area (Å²) in [6.07, 6.45) is 0.350. The summed E-state index contributed by atoms with van der Waals surface area (Å²) in [5, 5.41) is 9.83. The zero-order chi connectivity index (χ0) is 12.6. The van der Waals surface area contributed by atoms with Crippen LogP contribution in [0.25, 0.3) is 5.57 Å². The van der Waals surface area contributed by atoms with Crippen LogP contribution in [0.5, 0.6) is 0 Å². The highest BCUT2D eigenvalue weighted by Crippen LogP contribution is 2.33. The van der Waals surface area contributed by atoms with E-state index in [1.807, 2.05) is 0 Å². The second-order valence-corrected chi connectivity index (χ2v) is 5.84. The van der Waals surface area contributed by atoms with E-state index >= 15 is 0 Å². The van der Waals surface area contributed by atoms with Crippen molar-refractivity contribution in [2.75, 3.05) is 0 Å². The van der Waals surface area contributed by atoms with E-state index in [9.17, 15) is 13.2 Å². The standard InChI is InChI=1S/C12H12O4S/c1-8-7-17(15,16)11-6-9(2-4-10(8)11)3-5-12(13)14/h2,4,6-7H,3,5H2,1H3,(H,13,14). The van der Waals surface area contributed by atoms with Gasteiger partial charge in [0.05, 0.1) is 4.90 Å². The molecule has 0 amide bonds. The van der Waals surface area contributed by atoms with Gasteiger partial charge in [0.1, 0.15) is 0 Å². The summed E-state index contributed by atoms with van der Waals surface area (Å²) in [7, 11) is -3.33. The van der Waals surface area contributed by atoms with E-state index in [0.717, 1.165) is 11.1 Å². The summed E-state index contributed by atoms with van der Waals surface area (Å²) in [5.41, 5.74) is 2.17. The maximum atomic E-state index is 11.8. The maximum absolute atomic E-state index is 11.8. The van der Waals surface area contributed by atoms with Gasteiger partial charge < -0.3 is 5.11 Å². The summed E-state index contributed by atoms with van der Waals surface area (Å²) in [6, 6.07) is 5.09. The Morgan fingerprint density at radius 1 is 1.35 bits per heavy atom. The first-order valence-electron chi connectivity index (χ1n) is 5.18. The minimum absolute atomic E-state index is 0.00520. The lowest BCUT2D eigenvalue weighted by Crippen LogP contribution is -1.99. The number of carboxylic acids is 1. The minimum Gasteiger partial charge on any atom is -0.481 e. The van der Waals surface area contributed by atoms with Gasteiger partial charge in [0.2, 0.25) is 9.84 Å². The van der Waals surface area contributed by atoms with Crippen LogP contribution < -0.4 is 0 Å². The molecule has 1 heterocycles. The van der Waals surface area contributed by atoms with Gasteiger partial charge in [0.25, 0.3) is 0 Å². The van der Waals surface area contributed by atoms with Crippen LogP contribution in [0.15, 0.2) is 28.5 Å². The number of hydrogen-bond donors (Lipinski definition) is 1. The fourth-order valence-electron chi connectivity index (χ4n) is 1.89. The number of hydrogen-bond acceptors (Lipinski definition) is 3. The maximum Gasteiger partial charge on any atom is 0.303 e. The van der Waals surface area contributed by atoms with Gasteiger partial charge in [-0.15, -0.1) is 0 Å². The molecule has 1 N–H and O–H groups in total. The van der Waals surface area contributed by atoms with Crippen LogP contribution in [0.2, 0.25) is 0 Å². The molecule has 0 saturated heterocycles. The van der Waals surface area contributed by atoms with Crippen molar-refractivity contribution in [2.45, 2.75) is 24.7 Å². The first kappa shape index (κ1) is 11.9. The predicted molar refractivity (Wildman–Crippen MR) is 63.2 cm³/mol. The Balaban J connectivity index is 2.37. The molecule has 0 spiro atoms. The van der Waals surface area contributed by atoms with Crippen molar-refractivity contribution in [1.29, 1.82) is 0 Å². The highest BCUT2D eigenvalue weighted by atomic mass is 32.2. The minimum atomic E-state index is -3.33. The number of rotatable bonds is 3. The van der Waals surface area contributed by atoms with Crippen molar-refractivity contribution < 1.29 is 18.3 Å². The zero-order valence-corrected chi connectivity index (χ0v) is 10.1. The quantitative estimate of drug-likeness (QED) is 0.891. The molecule has 90 valence electrons. The fourth-order valence-corrected chi connectivity index (χ4v) is 3.46. The molecule has 0 aliphatic carbocycles. The van der Waals surface area contributed by atoms with Crippen molar-refractivity contribution in [3.05, 3.63) is 34.7 Å². The Kier molecular flexibility index (Phi) is 2.79. The molecule has 4 nitrogen and oxygen atoms in total. The molecule has 1 aromatic rings. The summed E-state index contributed by atoms with van der Waals surface area (Å²) in [4.78, 5) is 10.7. The summed E-state index contributed by atoms with van der Waals surface area (Å²) >= 11 is 0. The lowest BCUT2D eigenvalue weighted by Gasteiger charge is -2.04. The third-order valence-corrected chi connectivity index (χ3v) is 4.35. The Labute approximate surface area is 99.5 Å². The number of benzene rings is 1. The zero-order valence-electron chi connectivity index (χ0n) is 9.30. The van der Waals surface area contributed by atoms with Gasteiger partial charge in [-0.1, -0.05) is 12.1 Å². The van der Waals surface area contributed by atoms with Crippen molar-refractivity contribution in [3.63, 3.8) is 0 Å². The molecular weight excluding hydrogens is 240 g/mol. The molecule has 0 fully saturated rings. The van der Waals surface area contributed by atoms with Crippen LogP contribution in [0.4, 0.5) is 0 Å². The van der Waals surface area contributed by atoms with Gasteiger partial charge >= 0.3 is 5.97 Å². The molecular formula is C12H12O4S. The molecule has 1 aliphatic rings. The highest BCUT2D eigenvalue weighted by Gasteiger charge is 2.24. The van der Waals surface area contributed by atoms with E-state index in [1.54, 1.807) is 25.1 Å². The fraction of sp³-hybridized carbons (Fsp3) is 0.250. The molecule has 0 bridgehead atoms. The van der Waals surface area contributed by atoms with Crippen LogP contribution in [0.3, 0.4) is 0 Å². The van der Waals surface area contributed by atoms with Crippen molar-refractivity contribution in [2.24, 2.45) is 0 Å². The number of carboxylic acid groups (broad SMARTS) is 1. The second kappa shape index (κ2) is 4.00. The van der Waals surface area contributed by atoms with Gasteiger partial charge in [0.15, 0.2) is 0 Å². The number of allylic oxidation sites excluding steroid dienone is 1. The van der Waals surface area contributed by atoms with E-state index < -0.39 is 15.8 Å². The van der Waals surface area contributed by atoms with E-state index in [1.165, 1.54) is 5.41 Å². The van der Waals surface area contributed by atoms with E-state index in [2.05, 4.69) is 0 Å². The molecule has 17 heavy (non-hydrogen) atoms. The molecule has 0 radical (unpaired) electrons. The van der Waals surface area contributed by atoms with Gasteiger partial charge in [0, 0.05) is 11.8 Å². The van der Waals surface area contributed by atoms with Gasteiger partial charge in [-0.25, -0.2) is 8.42 Å². The smallest absolute Gasteiger partial charge is 0.303 e. The third-order valence-electron chi connectivity index (χ3n) is 2.74. The average molecular weight is 252 g/mol. The monoisotopic (exact) mass is 252 g/mol. The van der Waals surface area contributed by atoms with Crippen molar-refractivity contribution >= 4 is 21.4 Å². The largest absolute Gasteiger partial charge is 0.481 e. The number of carbonyl (C=O) groups is 1. The average Bonchev–Trinajstić information content (AvgIpc) is 2.47. The van der Waals surface area contributed by atoms with Crippen molar-refractivity contribution in [1.82, 2.24) is 0 Å². The van der Waals surface area contributed by atoms with Crippen molar-refractivity contribution in [3.8, 4) is 0 Å². The number of aliphatic carboxylic acids is 1. The van der Waals surface area contributed by atoms with Crippen LogP contribution in [-0.2, 0) is 21.1 Å². The third kappa shape index (κ3) is 2.24. The highest BCUT2D eigenvalue weighted by molar-refractivity contribution is 7.95. The number of aryl methyl sites for hydroxylation is 1. The second-order valence-electron chi connectivity index (χ2n) is 4.07. The Morgan fingerprint density at radius 3 is 2.71 bits per heavy atom. The van der Waals surface area contributed by atoms with Gasteiger partial charge in [-0.2, -0.15) is 0 Å². The molecule has 0 saturated carbocycles. The number of fused-ring (bicyclic) bond motifs is 1. The molecule has 1 aromatic carbocycles. The summed E-state index contributed by atoms with van der Waals surface area (Å²) in [6.45, 7) is 1.75. The SMILES string of the molecule is CC1=CS(=O)(=O)c2cc(CCC(=O)O)ccc21. The predicted octanol–water partition coefficient (Wildman–Crippen LogP) is 1.85. The molecule has 5 heteroatoms. The topological polar surface area (TPSA) is 71.4 Å². The number of sulfone groups is 1. The normalized spacial score (nSPS) is 16.4. The Hall–Kier alpha value is -1.62. The first-order valence-corrected chi connectivity index (χ1v) is 6.73.